The van der Waals surface area contributed by atoms with Crippen LogP contribution in [0.3, 0.4) is 0 Å². The molecule has 0 aromatic carbocycles. The van der Waals surface area contributed by atoms with Gasteiger partial charge in [-0.3, -0.25) is 0 Å². The molecule has 0 amide bonds. The summed E-state index contributed by atoms with van der Waals surface area (Å²) in [6.07, 6.45) is 0. The van der Waals surface area contributed by atoms with E-state index in [1.807, 2.05) is 11.4 Å². The van der Waals surface area contributed by atoms with Gasteiger partial charge in [-0.2, -0.15) is 5.26 Å². The highest BCUT2D eigenvalue weighted by Gasteiger charge is 2.04. The van der Waals surface area contributed by atoms with E-state index in [2.05, 4.69) is 37.3 Å². The molecule has 1 atom stereocenters. The Morgan fingerprint density at radius 1 is 1.60 bits per heavy atom. The maximum Gasteiger partial charge on any atom is 0.100 e. The Labute approximate surface area is 95.3 Å². The van der Waals surface area contributed by atoms with Gasteiger partial charge < -0.3 is 10.2 Å². The predicted molar refractivity (Wildman–Crippen MR) is 63.9 cm³/mol. The Hall–Kier alpha value is -0.890. The Bertz CT molecular complexity index is 338. The molecule has 1 aromatic heterocycles. The third-order valence-corrected chi connectivity index (χ3v) is 3.34. The van der Waals surface area contributed by atoms with Gasteiger partial charge in [0.2, 0.25) is 0 Å². The summed E-state index contributed by atoms with van der Waals surface area (Å²) in [7, 11) is 4.15. The van der Waals surface area contributed by atoms with Crippen LogP contribution in [0, 0.1) is 11.3 Å². The van der Waals surface area contributed by atoms with Gasteiger partial charge in [-0.15, -0.1) is 11.3 Å². The molecule has 82 valence electrons. The van der Waals surface area contributed by atoms with Gasteiger partial charge >= 0.3 is 0 Å². The summed E-state index contributed by atoms with van der Waals surface area (Å²) < 4.78 is 0. The van der Waals surface area contributed by atoms with Crippen LogP contribution < -0.4 is 5.32 Å². The minimum absolute atomic E-state index is 0.528. The molecular formula is C11H17N3S. The van der Waals surface area contributed by atoms with Crippen molar-refractivity contribution in [1.29, 1.82) is 5.26 Å². The van der Waals surface area contributed by atoms with Crippen LogP contribution in [0.2, 0.25) is 0 Å². The van der Waals surface area contributed by atoms with Crippen molar-refractivity contribution >= 4 is 11.3 Å². The fourth-order valence-corrected chi connectivity index (χ4v) is 1.90. The first-order chi connectivity index (χ1) is 7.13. The molecule has 0 bridgehead atoms. The molecule has 0 aliphatic carbocycles. The first-order valence-corrected chi connectivity index (χ1v) is 5.86. The number of nitrogens with one attached hydrogen (secondary N) is 1. The monoisotopic (exact) mass is 223 g/mol. The van der Waals surface area contributed by atoms with Gasteiger partial charge in [-0.25, -0.2) is 0 Å². The van der Waals surface area contributed by atoms with Crippen molar-refractivity contribution in [3.8, 4) is 6.07 Å². The third kappa shape index (κ3) is 4.00. The van der Waals surface area contributed by atoms with E-state index < -0.39 is 0 Å². The van der Waals surface area contributed by atoms with Crippen LogP contribution in [-0.4, -0.2) is 31.6 Å². The van der Waals surface area contributed by atoms with E-state index in [1.54, 1.807) is 11.3 Å². The van der Waals surface area contributed by atoms with Gasteiger partial charge in [-0.05, 0) is 27.1 Å². The van der Waals surface area contributed by atoms with E-state index in [0.29, 0.717) is 6.04 Å². The molecule has 0 radical (unpaired) electrons. The van der Waals surface area contributed by atoms with Crippen molar-refractivity contribution in [2.45, 2.75) is 19.5 Å². The van der Waals surface area contributed by atoms with Crippen molar-refractivity contribution in [1.82, 2.24) is 10.2 Å². The highest BCUT2D eigenvalue weighted by atomic mass is 32.1. The first-order valence-electron chi connectivity index (χ1n) is 4.98. The minimum atomic E-state index is 0.528. The Balaban J connectivity index is 2.29. The van der Waals surface area contributed by atoms with Crippen molar-refractivity contribution in [2.24, 2.45) is 0 Å². The minimum Gasteiger partial charge on any atom is -0.310 e. The zero-order valence-electron chi connectivity index (χ0n) is 9.45. The standard InChI is InChI=1S/C11H17N3S/c1-9(14(2)3)6-13-7-11-4-10(5-12)8-15-11/h4,8-9,13H,6-7H2,1-3H3. The molecule has 0 spiro atoms. The summed E-state index contributed by atoms with van der Waals surface area (Å²) in [6.45, 7) is 4.00. The first kappa shape index (κ1) is 12.2. The summed E-state index contributed by atoms with van der Waals surface area (Å²) in [6, 6.07) is 4.61. The highest BCUT2D eigenvalue weighted by Crippen LogP contribution is 2.13. The zero-order chi connectivity index (χ0) is 11.3. The lowest BCUT2D eigenvalue weighted by Gasteiger charge is -2.19. The lowest BCUT2D eigenvalue weighted by atomic mass is 10.3. The van der Waals surface area contributed by atoms with Gasteiger partial charge in [0, 0.05) is 29.4 Å². The van der Waals surface area contributed by atoms with Crippen molar-refractivity contribution in [2.75, 3.05) is 20.6 Å². The van der Waals surface area contributed by atoms with Crippen LogP contribution in [0.4, 0.5) is 0 Å². The molecule has 0 aliphatic rings. The average molecular weight is 223 g/mol. The van der Waals surface area contributed by atoms with Crippen molar-refractivity contribution in [3.63, 3.8) is 0 Å². The Kier molecular flexibility index (Phi) is 4.76. The molecule has 1 N–H and O–H groups in total. The van der Waals surface area contributed by atoms with E-state index in [4.69, 9.17) is 5.26 Å². The number of nitriles is 1. The fraction of sp³-hybridized carbons (Fsp3) is 0.545. The average Bonchev–Trinajstić information content (AvgIpc) is 2.65. The highest BCUT2D eigenvalue weighted by molar-refractivity contribution is 7.10. The molecule has 0 saturated carbocycles. The SMILES string of the molecule is CC(CNCc1cc(C#N)cs1)N(C)C. The van der Waals surface area contributed by atoms with Crippen molar-refractivity contribution < 1.29 is 0 Å². The van der Waals surface area contributed by atoms with Crippen LogP contribution in [0.15, 0.2) is 11.4 Å². The van der Waals surface area contributed by atoms with Crippen LogP contribution in [-0.2, 0) is 6.54 Å². The summed E-state index contributed by atoms with van der Waals surface area (Å²) >= 11 is 1.64. The van der Waals surface area contributed by atoms with Gasteiger partial charge in [0.25, 0.3) is 0 Å². The number of likely N-dealkylation sites (N-methyl/N-ethyl adjacent to an activating group) is 1. The van der Waals surface area contributed by atoms with E-state index >= 15 is 0 Å². The number of hydrogen-bond acceptors (Lipinski definition) is 4. The number of hydrogen-bond donors (Lipinski definition) is 1. The second kappa shape index (κ2) is 5.86. The maximum absolute atomic E-state index is 8.67. The molecule has 0 saturated heterocycles. The lowest BCUT2D eigenvalue weighted by Crippen LogP contribution is -2.34. The van der Waals surface area contributed by atoms with E-state index in [9.17, 15) is 0 Å². The molecular weight excluding hydrogens is 206 g/mol. The van der Waals surface area contributed by atoms with Gasteiger partial charge in [0.05, 0.1) is 5.56 Å². The fourth-order valence-electron chi connectivity index (χ4n) is 1.12. The van der Waals surface area contributed by atoms with Crippen LogP contribution >= 0.6 is 11.3 Å². The number of rotatable bonds is 5. The largest absolute Gasteiger partial charge is 0.310 e. The Morgan fingerprint density at radius 2 is 2.33 bits per heavy atom. The molecule has 1 rings (SSSR count). The van der Waals surface area contributed by atoms with Crippen LogP contribution in [0.5, 0.6) is 0 Å². The lowest BCUT2D eigenvalue weighted by molar-refractivity contribution is 0.303. The van der Waals surface area contributed by atoms with Gasteiger partial charge in [0.15, 0.2) is 0 Å². The Morgan fingerprint density at radius 3 is 2.87 bits per heavy atom. The normalized spacial score (nSPS) is 12.7. The second-order valence-electron chi connectivity index (χ2n) is 3.86. The predicted octanol–water partition coefficient (Wildman–Crippen LogP) is 1.66. The zero-order valence-corrected chi connectivity index (χ0v) is 10.3. The topological polar surface area (TPSA) is 39.1 Å². The van der Waals surface area contributed by atoms with Crippen LogP contribution in [0.1, 0.15) is 17.4 Å². The van der Waals surface area contributed by atoms with Gasteiger partial charge in [0.1, 0.15) is 6.07 Å². The molecule has 1 heterocycles. The molecule has 4 heteroatoms. The van der Waals surface area contributed by atoms with E-state index in [1.165, 1.54) is 4.88 Å². The molecule has 3 nitrogen and oxygen atoms in total. The smallest absolute Gasteiger partial charge is 0.100 e. The maximum atomic E-state index is 8.67. The second-order valence-corrected chi connectivity index (χ2v) is 4.85. The van der Waals surface area contributed by atoms with E-state index in [-0.39, 0.29) is 0 Å². The van der Waals surface area contributed by atoms with E-state index in [0.717, 1.165) is 18.7 Å². The summed E-state index contributed by atoms with van der Waals surface area (Å²) in [5.74, 6) is 0. The molecule has 0 fully saturated rings. The third-order valence-electron chi connectivity index (χ3n) is 2.40. The number of nitrogens with zero attached hydrogens (tertiary/aromatic N) is 2. The molecule has 1 unspecified atom stereocenters. The molecule has 0 aliphatic heterocycles. The molecule has 1 aromatic rings. The van der Waals surface area contributed by atoms with Crippen LogP contribution in [0.25, 0.3) is 0 Å². The quantitative estimate of drug-likeness (QED) is 0.825. The van der Waals surface area contributed by atoms with Gasteiger partial charge in [-0.1, -0.05) is 0 Å². The number of thiophene rings is 1. The summed E-state index contributed by atoms with van der Waals surface area (Å²) in [5, 5.41) is 13.9. The summed E-state index contributed by atoms with van der Waals surface area (Å²) in [5.41, 5.74) is 0.762. The van der Waals surface area contributed by atoms with Crippen molar-refractivity contribution in [3.05, 3.63) is 21.9 Å². The molecule has 15 heavy (non-hydrogen) atoms. The summed E-state index contributed by atoms with van der Waals surface area (Å²) in [4.78, 5) is 3.40.